The van der Waals surface area contributed by atoms with Crippen LogP contribution in [0.15, 0.2) is 0 Å². The lowest BCUT2D eigenvalue weighted by atomic mass is 9.56. The molecule has 1 aliphatic rings. The van der Waals surface area contributed by atoms with Gasteiger partial charge in [0.2, 0.25) is 0 Å². The second kappa shape index (κ2) is 3.49. The molecule has 0 aromatic rings. The minimum Gasteiger partial charge on any atom is -0.390 e. The van der Waals surface area contributed by atoms with Crippen LogP contribution in [0, 0.1) is 16.7 Å². The van der Waals surface area contributed by atoms with Crippen LogP contribution < -0.4 is 0 Å². The average molecular weight is 200 g/mol. The van der Waals surface area contributed by atoms with Crippen LogP contribution in [0.3, 0.4) is 0 Å². The van der Waals surface area contributed by atoms with Crippen LogP contribution in [-0.4, -0.2) is 22.4 Å². The molecule has 4 unspecified atom stereocenters. The lowest BCUT2D eigenvalue weighted by molar-refractivity contribution is -0.154. The van der Waals surface area contributed by atoms with E-state index in [1.807, 2.05) is 20.8 Å². The molecule has 1 saturated carbocycles. The van der Waals surface area contributed by atoms with E-state index < -0.39 is 12.2 Å². The smallest absolute Gasteiger partial charge is 0.0852 e. The number of hydrogen-bond acceptors (Lipinski definition) is 2. The van der Waals surface area contributed by atoms with Gasteiger partial charge in [0, 0.05) is 0 Å². The van der Waals surface area contributed by atoms with Gasteiger partial charge in [0.05, 0.1) is 12.2 Å². The Morgan fingerprint density at radius 3 is 2.14 bits per heavy atom. The monoisotopic (exact) mass is 200 g/mol. The fraction of sp³-hybridized carbons (Fsp3) is 1.00. The first-order valence-corrected chi connectivity index (χ1v) is 5.61. The van der Waals surface area contributed by atoms with Gasteiger partial charge in [-0.1, -0.05) is 41.0 Å². The largest absolute Gasteiger partial charge is 0.390 e. The highest BCUT2D eigenvalue weighted by atomic mass is 16.3. The van der Waals surface area contributed by atoms with Gasteiger partial charge in [-0.3, -0.25) is 0 Å². The van der Waals surface area contributed by atoms with Crippen LogP contribution in [0.1, 0.15) is 47.5 Å². The molecule has 0 aromatic carbocycles. The van der Waals surface area contributed by atoms with Gasteiger partial charge in [0.25, 0.3) is 0 Å². The number of aliphatic hydroxyl groups excluding tert-OH is 2. The molecule has 0 bridgehead atoms. The van der Waals surface area contributed by atoms with Crippen LogP contribution in [0.5, 0.6) is 0 Å². The molecule has 0 aliphatic heterocycles. The molecule has 14 heavy (non-hydrogen) atoms. The Balaban J connectivity index is 2.96. The molecule has 0 aromatic heterocycles. The summed E-state index contributed by atoms with van der Waals surface area (Å²) in [5.74, 6) is 0.176. The molecule has 1 rings (SSSR count). The third-order valence-corrected chi connectivity index (χ3v) is 4.40. The van der Waals surface area contributed by atoms with Crippen molar-refractivity contribution in [3.8, 4) is 0 Å². The molecule has 1 aliphatic carbocycles. The maximum Gasteiger partial charge on any atom is 0.0852 e. The van der Waals surface area contributed by atoms with Crippen molar-refractivity contribution in [2.75, 3.05) is 0 Å². The lowest BCUT2D eigenvalue weighted by Crippen LogP contribution is -2.54. The second-order valence-corrected chi connectivity index (χ2v) is 5.90. The molecule has 1 fully saturated rings. The highest BCUT2D eigenvalue weighted by Crippen LogP contribution is 2.51. The van der Waals surface area contributed by atoms with Gasteiger partial charge in [-0.25, -0.2) is 0 Å². The van der Waals surface area contributed by atoms with Crippen LogP contribution >= 0.6 is 0 Å². The minimum absolute atomic E-state index is 0.155. The van der Waals surface area contributed by atoms with E-state index in [2.05, 4.69) is 13.8 Å². The van der Waals surface area contributed by atoms with Crippen molar-refractivity contribution in [3.05, 3.63) is 0 Å². The Bertz CT molecular complexity index is 212. The topological polar surface area (TPSA) is 40.5 Å². The fourth-order valence-electron chi connectivity index (χ4n) is 2.90. The zero-order valence-electron chi connectivity index (χ0n) is 10.0. The Morgan fingerprint density at radius 2 is 1.71 bits per heavy atom. The summed E-state index contributed by atoms with van der Waals surface area (Å²) in [5.41, 5.74) is -0.0150. The summed E-state index contributed by atoms with van der Waals surface area (Å²) in [6.07, 6.45) is 0.873. The first-order valence-electron chi connectivity index (χ1n) is 5.61. The van der Waals surface area contributed by atoms with Gasteiger partial charge in [-0.2, -0.15) is 0 Å². The number of rotatable bonds is 1. The Hall–Kier alpha value is -0.0800. The zero-order chi connectivity index (χ0) is 11.1. The summed E-state index contributed by atoms with van der Waals surface area (Å²) in [4.78, 5) is 0. The molecule has 0 saturated heterocycles. The fourth-order valence-corrected chi connectivity index (χ4v) is 2.90. The Morgan fingerprint density at radius 1 is 1.21 bits per heavy atom. The van der Waals surface area contributed by atoms with Gasteiger partial charge in [-0.05, 0) is 23.2 Å². The molecular formula is C12H24O2. The van der Waals surface area contributed by atoms with Gasteiger partial charge in [0.15, 0.2) is 0 Å². The predicted octanol–water partition coefficient (Wildman–Crippen LogP) is 2.19. The predicted molar refractivity (Wildman–Crippen MR) is 58.0 cm³/mol. The molecule has 0 radical (unpaired) electrons. The van der Waals surface area contributed by atoms with Gasteiger partial charge in [-0.15, -0.1) is 0 Å². The maximum absolute atomic E-state index is 10.00. The van der Waals surface area contributed by atoms with Crippen molar-refractivity contribution in [2.45, 2.75) is 59.7 Å². The lowest BCUT2D eigenvalue weighted by Gasteiger charge is -2.52. The van der Waals surface area contributed by atoms with Crippen LogP contribution in [-0.2, 0) is 0 Å². The van der Waals surface area contributed by atoms with Crippen molar-refractivity contribution in [1.29, 1.82) is 0 Å². The molecule has 0 spiro atoms. The quantitative estimate of drug-likeness (QED) is 0.681. The van der Waals surface area contributed by atoms with E-state index in [0.717, 1.165) is 12.8 Å². The van der Waals surface area contributed by atoms with Crippen LogP contribution in [0.25, 0.3) is 0 Å². The molecule has 84 valence electrons. The maximum atomic E-state index is 10.00. The average Bonchev–Trinajstić information content (AvgIpc) is 2.11. The highest BCUT2D eigenvalue weighted by Gasteiger charge is 2.50. The standard InChI is InChI=1S/C12H24O2/c1-6-12(5)7-11(3,4)10(14)9(13)8(12)2/h8-10,13-14H,6-7H2,1-5H3. The summed E-state index contributed by atoms with van der Waals surface area (Å²) in [7, 11) is 0. The molecule has 0 heterocycles. The molecular weight excluding hydrogens is 176 g/mol. The van der Waals surface area contributed by atoms with Gasteiger partial charge >= 0.3 is 0 Å². The Kier molecular flexibility index (Phi) is 2.99. The molecule has 0 amide bonds. The summed E-state index contributed by atoms with van der Waals surface area (Å²) in [5, 5.41) is 20.0. The van der Waals surface area contributed by atoms with Gasteiger partial charge < -0.3 is 10.2 Å². The van der Waals surface area contributed by atoms with E-state index in [9.17, 15) is 10.2 Å². The minimum atomic E-state index is -0.586. The first-order chi connectivity index (χ1) is 6.24. The third kappa shape index (κ3) is 1.70. The van der Waals surface area contributed by atoms with E-state index in [0.29, 0.717) is 0 Å². The van der Waals surface area contributed by atoms with E-state index in [-0.39, 0.29) is 16.7 Å². The van der Waals surface area contributed by atoms with Gasteiger partial charge in [0.1, 0.15) is 0 Å². The van der Waals surface area contributed by atoms with Crippen molar-refractivity contribution in [3.63, 3.8) is 0 Å². The Labute approximate surface area is 87.3 Å². The van der Waals surface area contributed by atoms with E-state index in [1.165, 1.54) is 0 Å². The van der Waals surface area contributed by atoms with E-state index in [1.54, 1.807) is 0 Å². The third-order valence-electron chi connectivity index (χ3n) is 4.40. The summed E-state index contributed by atoms with van der Waals surface area (Å²) in [6, 6.07) is 0. The molecule has 2 N–H and O–H groups in total. The van der Waals surface area contributed by atoms with E-state index in [4.69, 9.17) is 0 Å². The summed E-state index contributed by atoms with van der Waals surface area (Å²) >= 11 is 0. The number of hydrogen-bond donors (Lipinski definition) is 2. The normalized spacial score (nSPS) is 47.8. The number of aliphatic hydroxyl groups is 2. The summed E-state index contributed by atoms with van der Waals surface area (Å²) in [6.45, 7) is 10.5. The SMILES string of the molecule is CCC1(C)CC(C)(C)C(O)C(O)C1C. The summed E-state index contributed by atoms with van der Waals surface area (Å²) < 4.78 is 0. The molecule has 2 heteroatoms. The highest BCUT2D eigenvalue weighted by molar-refractivity contribution is 5.00. The van der Waals surface area contributed by atoms with Crippen molar-refractivity contribution < 1.29 is 10.2 Å². The first kappa shape index (κ1) is 12.0. The van der Waals surface area contributed by atoms with Crippen molar-refractivity contribution in [1.82, 2.24) is 0 Å². The van der Waals surface area contributed by atoms with Crippen molar-refractivity contribution >= 4 is 0 Å². The zero-order valence-corrected chi connectivity index (χ0v) is 10.0. The van der Waals surface area contributed by atoms with E-state index >= 15 is 0 Å². The second-order valence-electron chi connectivity index (χ2n) is 5.90. The molecule has 2 nitrogen and oxygen atoms in total. The van der Waals surface area contributed by atoms with Crippen molar-refractivity contribution in [2.24, 2.45) is 16.7 Å². The van der Waals surface area contributed by atoms with Crippen LogP contribution in [0.2, 0.25) is 0 Å². The molecule has 4 atom stereocenters. The van der Waals surface area contributed by atoms with Crippen LogP contribution in [0.4, 0.5) is 0 Å².